The van der Waals surface area contributed by atoms with Crippen LogP contribution in [-0.2, 0) is 14.3 Å². The molecule has 0 bridgehead atoms. The van der Waals surface area contributed by atoms with Crippen LogP contribution in [0.25, 0.3) is 0 Å². The van der Waals surface area contributed by atoms with Gasteiger partial charge in [-0.05, 0) is 64.2 Å². The third-order valence-electron chi connectivity index (χ3n) is 6.33. The Balaban J connectivity index is 0.000000768. The van der Waals surface area contributed by atoms with E-state index in [9.17, 15) is 4.79 Å². The molecule has 0 amide bonds. The van der Waals surface area contributed by atoms with Gasteiger partial charge in [-0.25, -0.2) is 0 Å². The molecule has 4 heteroatoms. The van der Waals surface area contributed by atoms with Crippen molar-refractivity contribution in [3.8, 4) is 48.4 Å². The second-order valence-corrected chi connectivity index (χ2v) is 10.0. The molecule has 1 atom stereocenters. The normalized spacial score (nSPS) is 13.8. The predicted octanol–water partition coefficient (Wildman–Crippen LogP) is 8.68. The van der Waals surface area contributed by atoms with E-state index in [0.717, 1.165) is 77.4 Å². The Morgan fingerprint density at radius 3 is 1.59 bits per heavy atom. The first-order valence-corrected chi connectivity index (χ1v) is 15.4. The van der Waals surface area contributed by atoms with Gasteiger partial charge in [0.1, 0.15) is 0 Å². The highest BCUT2D eigenvalue weighted by Crippen LogP contribution is 2.14. The molecule has 0 aromatic carbocycles. The van der Waals surface area contributed by atoms with Gasteiger partial charge in [0.25, 0.3) is 0 Å². The largest absolute Gasteiger partial charge is 0.481 e. The first kappa shape index (κ1) is 36.6. The first-order chi connectivity index (χ1) is 19.2. The maximum atomic E-state index is 10.2. The minimum atomic E-state index is -0.737. The fourth-order valence-electron chi connectivity index (χ4n) is 4.00. The third-order valence-corrected chi connectivity index (χ3v) is 6.33. The molecule has 1 unspecified atom stereocenters. The highest BCUT2D eigenvalue weighted by Gasteiger charge is 2.13. The summed E-state index contributed by atoms with van der Waals surface area (Å²) in [6, 6.07) is 0. The van der Waals surface area contributed by atoms with Crippen molar-refractivity contribution < 1.29 is 19.4 Å². The molecule has 0 spiro atoms. The molecule has 4 nitrogen and oxygen atoms in total. The molecular weight excluding hydrogens is 484 g/mol. The predicted molar refractivity (Wildman–Crippen MR) is 163 cm³/mol. The zero-order valence-corrected chi connectivity index (χ0v) is 24.6. The number of carboxylic acids is 1. The molecular formula is C35H54O4. The molecule has 0 radical (unpaired) electrons. The van der Waals surface area contributed by atoms with E-state index >= 15 is 0 Å². The molecule has 1 fully saturated rings. The van der Waals surface area contributed by atoms with Crippen LogP contribution in [0, 0.1) is 48.4 Å². The van der Waals surface area contributed by atoms with Gasteiger partial charge in [-0.15, -0.1) is 48.4 Å². The lowest BCUT2D eigenvalue weighted by Crippen LogP contribution is -2.22. The molecule has 0 aliphatic carbocycles. The van der Waals surface area contributed by atoms with Gasteiger partial charge in [-0.1, -0.05) is 38.5 Å². The number of hydrogen-bond donors (Lipinski definition) is 1. The summed E-state index contributed by atoms with van der Waals surface area (Å²) in [7, 11) is 0. The molecule has 218 valence electrons. The quantitative estimate of drug-likeness (QED) is 0.124. The van der Waals surface area contributed by atoms with E-state index in [-0.39, 0.29) is 12.7 Å². The van der Waals surface area contributed by atoms with Crippen molar-refractivity contribution in [2.45, 2.75) is 154 Å². The van der Waals surface area contributed by atoms with Crippen molar-refractivity contribution in [1.29, 1.82) is 0 Å². The van der Waals surface area contributed by atoms with Crippen LogP contribution in [0.4, 0.5) is 0 Å². The van der Waals surface area contributed by atoms with Crippen molar-refractivity contribution in [2.24, 2.45) is 0 Å². The van der Waals surface area contributed by atoms with Gasteiger partial charge in [-0.2, -0.15) is 0 Å². The lowest BCUT2D eigenvalue weighted by atomic mass is 10.1. The number of aliphatic carboxylic acids is 1. The average molecular weight is 539 g/mol. The van der Waals surface area contributed by atoms with E-state index in [1.165, 1.54) is 64.2 Å². The first-order valence-electron chi connectivity index (χ1n) is 15.4. The van der Waals surface area contributed by atoms with Gasteiger partial charge < -0.3 is 14.6 Å². The number of terminal acetylenes is 2. The van der Waals surface area contributed by atoms with Crippen LogP contribution in [0.3, 0.4) is 0 Å². The molecule has 1 rings (SSSR count). The fourth-order valence-corrected chi connectivity index (χ4v) is 4.00. The molecule has 1 aliphatic rings. The van der Waals surface area contributed by atoms with Crippen LogP contribution in [0.15, 0.2) is 0 Å². The summed E-state index contributed by atoms with van der Waals surface area (Å²) in [5.74, 6) is 17.2. The summed E-state index contributed by atoms with van der Waals surface area (Å²) in [4.78, 5) is 10.2. The highest BCUT2D eigenvalue weighted by atomic mass is 16.7. The van der Waals surface area contributed by atoms with Gasteiger partial charge in [0.15, 0.2) is 6.29 Å². The van der Waals surface area contributed by atoms with Crippen molar-refractivity contribution in [1.82, 2.24) is 0 Å². The number of hydrogen-bond acceptors (Lipinski definition) is 3. The van der Waals surface area contributed by atoms with Crippen LogP contribution in [-0.4, -0.2) is 30.6 Å². The minimum Gasteiger partial charge on any atom is -0.481 e. The van der Waals surface area contributed by atoms with Crippen LogP contribution in [0.1, 0.15) is 148 Å². The Morgan fingerprint density at radius 1 is 0.667 bits per heavy atom. The average Bonchev–Trinajstić information content (AvgIpc) is 2.94. The molecule has 1 heterocycles. The van der Waals surface area contributed by atoms with Gasteiger partial charge in [0.05, 0.1) is 0 Å². The molecule has 0 saturated carbocycles. The summed E-state index contributed by atoms with van der Waals surface area (Å²) in [5, 5.41) is 8.41. The number of rotatable bonds is 20. The van der Waals surface area contributed by atoms with Crippen molar-refractivity contribution in [2.75, 3.05) is 13.2 Å². The number of ether oxygens (including phenoxy) is 2. The highest BCUT2D eigenvalue weighted by molar-refractivity contribution is 5.66. The number of unbranched alkanes of at least 4 members (excludes halogenated alkanes) is 15. The van der Waals surface area contributed by atoms with Crippen LogP contribution in [0.5, 0.6) is 0 Å². The van der Waals surface area contributed by atoms with E-state index in [0.29, 0.717) is 12.8 Å². The summed E-state index contributed by atoms with van der Waals surface area (Å²) in [6.45, 7) is 1.67. The van der Waals surface area contributed by atoms with E-state index < -0.39 is 5.97 Å². The minimum absolute atomic E-state index is 0.0560. The standard InChI is InChI=1S/C20H32O2.C15H22O2/c1-2-3-4-5-6-7-8-9-10-11-12-13-15-18-21-20-17-14-16-19-22-20;1-2-3-4-5-6-7-8-9-10-11-12-13-14-15(16)17/h1,20H,3-9,12-19H2;1H,3-9,12-14H2,(H,16,17). The Bertz CT molecular complexity index is 759. The molecule has 0 aromatic rings. The smallest absolute Gasteiger partial charge is 0.303 e. The lowest BCUT2D eigenvalue weighted by Gasteiger charge is -2.22. The van der Waals surface area contributed by atoms with Crippen LogP contribution >= 0.6 is 0 Å². The summed E-state index contributed by atoms with van der Waals surface area (Å²) >= 11 is 0. The molecule has 0 aromatic heterocycles. The number of carbonyl (C=O) groups is 1. The van der Waals surface area contributed by atoms with Crippen molar-refractivity contribution in [3.05, 3.63) is 0 Å². The van der Waals surface area contributed by atoms with E-state index in [2.05, 4.69) is 35.5 Å². The Kier molecular flexibility index (Phi) is 29.9. The molecule has 1 saturated heterocycles. The lowest BCUT2D eigenvalue weighted by molar-refractivity contribution is -0.162. The molecule has 1 aliphatic heterocycles. The summed E-state index contributed by atoms with van der Waals surface area (Å²) in [5.41, 5.74) is 0. The third kappa shape index (κ3) is 31.7. The Morgan fingerprint density at radius 2 is 1.13 bits per heavy atom. The van der Waals surface area contributed by atoms with Crippen molar-refractivity contribution >= 4 is 5.97 Å². The summed E-state index contributed by atoms with van der Waals surface area (Å²) in [6.07, 6.45) is 34.7. The SMILES string of the molecule is C#CCCCCCCCC#CCCCC(=O)O.C#CCCCCCCCC#CCCCCOC1CCCCO1. The van der Waals surface area contributed by atoms with E-state index in [1.54, 1.807) is 0 Å². The van der Waals surface area contributed by atoms with Crippen LogP contribution in [0.2, 0.25) is 0 Å². The van der Waals surface area contributed by atoms with E-state index in [1.807, 2.05) is 0 Å². The van der Waals surface area contributed by atoms with Gasteiger partial charge >= 0.3 is 5.97 Å². The Labute approximate surface area is 240 Å². The Hall–Kier alpha value is -2.37. The zero-order chi connectivity index (χ0) is 28.5. The maximum absolute atomic E-state index is 10.2. The van der Waals surface area contributed by atoms with E-state index in [4.69, 9.17) is 27.4 Å². The second kappa shape index (κ2) is 31.8. The maximum Gasteiger partial charge on any atom is 0.303 e. The molecule has 1 N–H and O–H groups in total. The van der Waals surface area contributed by atoms with Crippen LogP contribution < -0.4 is 0 Å². The number of carboxylic acid groups (broad SMARTS) is 1. The van der Waals surface area contributed by atoms with Gasteiger partial charge in [-0.3, -0.25) is 4.79 Å². The fraction of sp³-hybridized carbons (Fsp3) is 0.743. The summed E-state index contributed by atoms with van der Waals surface area (Å²) < 4.78 is 11.2. The van der Waals surface area contributed by atoms with Crippen molar-refractivity contribution in [3.63, 3.8) is 0 Å². The van der Waals surface area contributed by atoms with Gasteiger partial charge in [0, 0.05) is 58.2 Å². The topological polar surface area (TPSA) is 55.8 Å². The molecule has 39 heavy (non-hydrogen) atoms. The second-order valence-electron chi connectivity index (χ2n) is 10.0. The van der Waals surface area contributed by atoms with Gasteiger partial charge in [0.2, 0.25) is 0 Å². The zero-order valence-electron chi connectivity index (χ0n) is 24.6. The monoisotopic (exact) mass is 538 g/mol.